The highest BCUT2D eigenvalue weighted by atomic mass is 19.1. The summed E-state index contributed by atoms with van der Waals surface area (Å²) in [5.74, 6) is -1.63. The molecule has 0 saturated heterocycles. The van der Waals surface area contributed by atoms with Crippen LogP contribution in [-0.2, 0) is 25.2 Å². The summed E-state index contributed by atoms with van der Waals surface area (Å²) in [4.78, 5) is 6.12. The predicted molar refractivity (Wildman–Crippen MR) is 167 cm³/mol. The quantitative estimate of drug-likeness (QED) is 0.201. The fourth-order valence-electron chi connectivity index (χ4n) is 5.54. The van der Waals surface area contributed by atoms with Gasteiger partial charge in [0.1, 0.15) is 29.9 Å². The molecule has 0 saturated carbocycles. The second kappa shape index (κ2) is 12.6. The first kappa shape index (κ1) is 30.1. The molecule has 1 N–H and O–H groups in total. The van der Waals surface area contributed by atoms with E-state index < -0.39 is 23.3 Å². The van der Waals surface area contributed by atoms with Crippen LogP contribution in [-0.4, -0.2) is 29.7 Å². The number of nitrogens with zero attached hydrogens (tertiary/aromatic N) is 8. The third-order valence-corrected chi connectivity index (χ3v) is 8.14. The molecule has 2 aromatic heterocycles. The van der Waals surface area contributed by atoms with Gasteiger partial charge in [0.25, 0.3) is 0 Å². The van der Waals surface area contributed by atoms with Crippen LogP contribution in [0.5, 0.6) is 0 Å². The van der Waals surface area contributed by atoms with E-state index in [0.29, 0.717) is 29.7 Å². The zero-order chi connectivity index (χ0) is 32.3. The number of benzene rings is 4. The Labute approximate surface area is 263 Å². The Kier molecular flexibility index (Phi) is 8.25. The molecule has 0 radical (unpaired) electrons. The number of anilines is 1. The van der Waals surface area contributed by atoms with Crippen LogP contribution in [0.2, 0.25) is 0 Å². The molecule has 0 spiro atoms. The Morgan fingerprint density at radius 3 is 2.11 bits per heavy atom. The van der Waals surface area contributed by atoms with Crippen molar-refractivity contribution >= 4 is 16.6 Å². The van der Waals surface area contributed by atoms with Crippen molar-refractivity contribution in [1.82, 2.24) is 24.5 Å². The first-order chi connectivity index (χ1) is 22.2. The number of aromatic nitrogens is 5. The first-order valence-corrected chi connectivity index (χ1v) is 14.5. The van der Waals surface area contributed by atoms with E-state index in [4.69, 9.17) is 5.10 Å². The number of halogens is 2. The van der Waals surface area contributed by atoms with E-state index in [1.54, 1.807) is 42.1 Å². The molecule has 6 rings (SSSR count). The summed E-state index contributed by atoms with van der Waals surface area (Å²) in [7, 11) is 0. The number of nitriles is 2. The van der Waals surface area contributed by atoms with Gasteiger partial charge in [0.15, 0.2) is 0 Å². The molecule has 46 heavy (non-hydrogen) atoms. The van der Waals surface area contributed by atoms with Crippen LogP contribution in [0.4, 0.5) is 14.5 Å². The molecule has 2 heterocycles. The third kappa shape index (κ3) is 6.18. The number of aliphatic hydroxyl groups is 1. The molecule has 6 aromatic rings. The van der Waals surface area contributed by atoms with Crippen LogP contribution in [0.15, 0.2) is 104 Å². The highest BCUT2D eigenvalue weighted by Gasteiger charge is 2.41. The zero-order valence-electron chi connectivity index (χ0n) is 24.8. The third-order valence-electron chi connectivity index (χ3n) is 8.14. The molecule has 9 nitrogen and oxygen atoms in total. The highest BCUT2D eigenvalue weighted by Crippen LogP contribution is 2.37. The Balaban J connectivity index is 1.36. The fourth-order valence-corrected chi connectivity index (χ4v) is 5.54. The standard InChI is InChI=1S/C35H28F2N8O/c1-24(35(46,21-44-23-40-22-41-44)32-12-10-30(36)15-33(32)37)45-20-29-14-31(11-13-34(29)42-45)43(18-27-6-2-25(16-38)3-7-27)19-28-8-4-26(17-39)5-9-28/h2-15,20,22-24,46H,18-19,21H2,1H3/t24-,35-/m1/s1. The van der Waals surface area contributed by atoms with E-state index in [9.17, 15) is 20.0 Å². The summed E-state index contributed by atoms with van der Waals surface area (Å²) >= 11 is 0. The van der Waals surface area contributed by atoms with Crippen LogP contribution >= 0.6 is 0 Å². The molecule has 0 unspecified atom stereocenters. The molecule has 0 aliphatic rings. The van der Waals surface area contributed by atoms with Gasteiger partial charge in [-0.2, -0.15) is 20.7 Å². The van der Waals surface area contributed by atoms with Crippen molar-refractivity contribution in [3.8, 4) is 12.1 Å². The van der Waals surface area contributed by atoms with Crippen molar-refractivity contribution in [2.45, 2.75) is 38.2 Å². The molecule has 0 aliphatic carbocycles. The molecular formula is C35H28F2N8O. The molecule has 228 valence electrons. The fraction of sp³-hybridized carbons (Fsp3) is 0.171. The first-order valence-electron chi connectivity index (χ1n) is 14.5. The number of hydrogen-bond acceptors (Lipinski definition) is 7. The SMILES string of the molecule is C[C@@H](n1cc2cc(N(Cc3ccc(C#N)cc3)Cc3ccc(C#N)cc3)ccc2n1)[C@](O)(Cn1cncn1)c1ccc(F)cc1F. The second-order valence-corrected chi connectivity index (χ2v) is 11.1. The average Bonchev–Trinajstić information content (AvgIpc) is 3.74. The largest absolute Gasteiger partial charge is 0.381 e. The lowest BCUT2D eigenvalue weighted by Gasteiger charge is -2.34. The normalized spacial score (nSPS) is 13.1. The molecule has 0 fully saturated rings. The summed E-state index contributed by atoms with van der Waals surface area (Å²) in [6.07, 6.45) is 4.53. The molecule has 4 aromatic carbocycles. The zero-order valence-corrected chi connectivity index (χ0v) is 24.8. The summed E-state index contributed by atoms with van der Waals surface area (Å²) in [5, 5.41) is 40.1. The lowest BCUT2D eigenvalue weighted by Crippen LogP contribution is -2.40. The number of fused-ring (bicyclic) bond motifs is 1. The topological polar surface area (TPSA) is 120 Å². The number of rotatable bonds is 10. The van der Waals surface area contributed by atoms with Crippen LogP contribution in [0.1, 0.15) is 40.8 Å². The van der Waals surface area contributed by atoms with Crippen molar-refractivity contribution < 1.29 is 13.9 Å². The van der Waals surface area contributed by atoms with Crippen molar-refractivity contribution in [2.75, 3.05) is 4.90 Å². The van der Waals surface area contributed by atoms with Crippen LogP contribution in [0.3, 0.4) is 0 Å². The van der Waals surface area contributed by atoms with Crippen LogP contribution in [0, 0.1) is 34.3 Å². The lowest BCUT2D eigenvalue weighted by atomic mass is 9.86. The highest BCUT2D eigenvalue weighted by molar-refractivity contribution is 5.82. The summed E-state index contributed by atoms with van der Waals surface area (Å²) in [6.45, 7) is 2.66. The smallest absolute Gasteiger partial charge is 0.137 e. The van der Waals surface area contributed by atoms with E-state index in [1.165, 1.54) is 23.4 Å². The average molecular weight is 615 g/mol. The van der Waals surface area contributed by atoms with Gasteiger partial charge >= 0.3 is 0 Å². The van der Waals surface area contributed by atoms with Crippen LogP contribution in [0.25, 0.3) is 10.9 Å². The Hall–Kier alpha value is -5.91. The Morgan fingerprint density at radius 1 is 0.891 bits per heavy atom. The van der Waals surface area contributed by atoms with Crippen LogP contribution < -0.4 is 4.90 Å². The minimum Gasteiger partial charge on any atom is -0.381 e. The van der Waals surface area contributed by atoms with Crippen molar-refractivity contribution in [1.29, 1.82) is 10.5 Å². The lowest BCUT2D eigenvalue weighted by molar-refractivity contribution is -0.0366. The van der Waals surface area contributed by atoms with Gasteiger partial charge in [-0.1, -0.05) is 30.3 Å². The van der Waals surface area contributed by atoms with Gasteiger partial charge in [-0.15, -0.1) is 0 Å². The monoisotopic (exact) mass is 614 g/mol. The maximum Gasteiger partial charge on any atom is 0.137 e. The molecule has 11 heteroatoms. The number of hydrogen-bond donors (Lipinski definition) is 1. The molecule has 2 atom stereocenters. The van der Waals surface area contributed by atoms with E-state index in [0.717, 1.165) is 34.3 Å². The van der Waals surface area contributed by atoms with E-state index >= 15 is 4.39 Å². The maximum atomic E-state index is 15.1. The summed E-state index contributed by atoms with van der Waals surface area (Å²) in [6, 6.07) is 27.3. The van der Waals surface area contributed by atoms with E-state index in [2.05, 4.69) is 27.1 Å². The summed E-state index contributed by atoms with van der Waals surface area (Å²) < 4.78 is 31.9. The minimum atomic E-state index is -1.87. The molecule has 0 bridgehead atoms. The van der Waals surface area contributed by atoms with Crippen molar-refractivity contribution in [3.63, 3.8) is 0 Å². The van der Waals surface area contributed by atoms with Crippen molar-refractivity contribution in [3.05, 3.63) is 143 Å². The second-order valence-electron chi connectivity index (χ2n) is 11.1. The van der Waals surface area contributed by atoms with Crippen molar-refractivity contribution in [2.24, 2.45) is 0 Å². The molecule has 0 aliphatic heterocycles. The minimum absolute atomic E-state index is 0.0897. The van der Waals surface area contributed by atoms with Gasteiger partial charge in [-0.05, 0) is 66.6 Å². The maximum absolute atomic E-state index is 15.1. The Morgan fingerprint density at radius 2 is 1.54 bits per heavy atom. The Bertz CT molecular complexity index is 2000. The summed E-state index contributed by atoms with van der Waals surface area (Å²) in [5.41, 5.74) is 2.78. The van der Waals surface area contributed by atoms with E-state index in [1.807, 2.05) is 42.5 Å². The van der Waals surface area contributed by atoms with Gasteiger partial charge in [-0.3, -0.25) is 4.68 Å². The van der Waals surface area contributed by atoms with Gasteiger partial charge in [0.2, 0.25) is 0 Å². The van der Waals surface area contributed by atoms with Gasteiger partial charge < -0.3 is 10.0 Å². The van der Waals surface area contributed by atoms with Gasteiger partial charge in [0.05, 0.1) is 41.4 Å². The van der Waals surface area contributed by atoms with Gasteiger partial charge in [-0.25, -0.2) is 18.4 Å². The molecule has 0 amide bonds. The van der Waals surface area contributed by atoms with E-state index in [-0.39, 0.29) is 12.1 Å². The molecular weight excluding hydrogens is 586 g/mol. The van der Waals surface area contributed by atoms with Gasteiger partial charge in [0, 0.05) is 42.0 Å². The predicted octanol–water partition coefficient (Wildman–Crippen LogP) is 6.01.